The van der Waals surface area contributed by atoms with Gasteiger partial charge in [-0.3, -0.25) is 5.43 Å². The molecule has 1 N–H and O–H groups in total. The van der Waals surface area contributed by atoms with Crippen molar-refractivity contribution >= 4 is 45.2 Å². The lowest BCUT2D eigenvalue weighted by Crippen LogP contribution is -1.97. The van der Waals surface area contributed by atoms with Crippen molar-refractivity contribution < 1.29 is 4.39 Å². The Kier molecular flexibility index (Phi) is 3.71. The number of anilines is 1. The first-order chi connectivity index (χ1) is 11.2. The van der Waals surface area contributed by atoms with Crippen LogP contribution in [0.4, 0.5) is 10.2 Å². The van der Waals surface area contributed by atoms with Crippen molar-refractivity contribution in [3.63, 3.8) is 0 Å². The molecule has 0 radical (unpaired) electrons. The average molecular weight is 347 g/mol. The van der Waals surface area contributed by atoms with Crippen molar-refractivity contribution in [3.8, 4) is 0 Å². The largest absolute Gasteiger partial charge is 0.261 e. The SMILES string of the molecule is Fc1cccc(Cl)c1/C=N\Nc1ncnc2sc3c(c12)CCC3. The molecular weight excluding hydrogens is 335 g/mol. The van der Waals surface area contributed by atoms with Crippen LogP contribution in [0.3, 0.4) is 0 Å². The van der Waals surface area contributed by atoms with Gasteiger partial charge in [-0.05, 0) is 37.0 Å². The van der Waals surface area contributed by atoms with Crippen molar-refractivity contribution in [2.75, 3.05) is 5.43 Å². The summed E-state index contributed by atoms with van der Waals surface area (Å²) in [6, 6.07) is 4.54. The van der Waals surface area contributed by atoms with Gasteiger partial charge >= 0.3 is 0 Å². The van der Waals surface area contributed by atoms with Gasteiger partial charge in [-0.25, -0.2) is 14.4 Å². The topological polar surface area (TPSA) is 50.2 Å². The molecule has 0 bridgehead atoms. The van der Waals surface area contributed by atoms with Gasteiger partial charge in [0.05, 0.1) is 16.6 Å². The van der Waals surface area contributed by atoms with E-state index in [0.29, 0.717) is 10.8 Å². The fourth-order valence-corrected chi connectivity index (χ4v) is 4.25. The molecule has 23 heavy (non-hydrogen) atoms. The molecule has 0 amide bonds. The minimum Gasteiger partial charge on any atom is -0.261 e. The Hall–Kier alpha value is -2.05. The number of hydrogen-bond acceptors (Lipinski definition) is 5. The lowest BCUT2D eigenvalue weighted by molar-refractivity contribution is 0.626. The Morgan fingerprint density at radius 1 is 1.30 bits per heavy atom. The van der Waals surface area contributed by atoms with Crippen LogP contribution in [0.5, 0.6) is 0 Å². The maximum Gasteiger partial charge on any atom is 0.158 e. The second-order valence-corrected chi connectivity index (χ2v) is 6.76. The molecule has 0 spiro atoms. The van der Waals surface area contributed by atoms with Gasteiger partial charge in [0, 0.05) is 10.4 Å². The number of fused-ring (bicyclic) bond motifs is 3. The van der Waals surface area contributed by atoms with Gasteiger partial charge in [0.15, 0.2) is 5.82 Å². The molecule has 0 saturated carbocycles. The highest BCUT2D eigenvalue weighted by atomic mass is 35.5. The molecule has 0 aliphatic heterocycles. The smallest absolute Gasteiger partial charge is 0.158 e. The van der Waals surface area contributed by atoms with E-state index >= 15 is 0 Å². The number of nitrogens with one attached hydrogen (secondary N) is 1. The predicted octanol–water partition coefficient (Wildman–Crippen LogP) is 4.42. The van der Waals surface area contributed by atoms with Crippen molar-refractivity contribution in [2.24, 2.45) is 5.10 Å². The van der Waals surface area contributed by atoms with E-state index in [1.807, 2.05) is 0 Å². The summed E-state index contributed by atoms with van der Waals surface area (Å²) < 4.78 is 13.7. The Labute approximate surface area is 141 Å². The van der Waals surface area contributed by atoms with Crippen LogP contribution in [0.1, 0.15) is 22.4 Å². The molecule has 0 atom stereocenters. The highest BCUT2D eigenvalue weighted by Gasteiger charge is 2.20. The third-order valence-electron chi connectivity index (χ3n) is 3.87. The van der Waals surface area contributed by atoms with Gasteiger partial charge < -0.3 is 0 Å². The number of aromatic nitrogens is 2. The molecule has 2 aromatic heterocycles. The maximum atomic E-state index is 13.7. The predicted molar refractivity (Wildman–Crippen MR) is 92.1 cm³/mol. The standard InChI is InChI=1S/C16H12ClFN4S/c17-11-4-2-5-12(18)10(11)7-21-22-15-14-9-3-1-6-13(9)23-16(14)20-8-19-15/h2,4-5,7-8H,1,3,6H2,(H,19,20,22)/b21-7-. The van der Waals surface area contributed by atoms with Crippen molar-refractivity contribution in [1.29, 1.82) is 0 Å². The van der Waals surface area contributed by atoms with Crippen LogP contribution in [0, 0.1) is 5.82 Å². The third kappa shape index (κ3) is 2.58. The molecule has 3 aromatic rings. The summed E-state index contributed by atoms with van der Waals surface area (Å²) >= 11 is 7.69. The van der Waals surface area contributed by atoms with E-state index in [2.05, 4.69) is 20.5 Å². The summed E-state index contributed by atoms with van der Waals surface area (Å²) in [6.07, 6.45) is 6.20. The lowest BCUT2D eigenvalue weighted by Gasteiger charge is -2.03. The fourth-order valence-electron chi connectivity index (χ4n) is 2.81. The number of hydrazone groups is 1. The number of rotatable bonds is 3. The number of thiophene rings is 1. The number of nitrogens with zero attached hydrogens (tertiary/aromatic N) is 3. The molecule has 4 rings (SSSR count). The summed E-state index contributed by atoms with van der Waals surface area (Å²) in [5, 5.41) is 5.45. The Bertz CT molecular complexity index is 902. The number of aryl methyl sites for hydroxylation is 2. The van der Waals surface area contributed by atoms with Gasteiger partial charge in [-0.1, -0.05) is 17.7 Å². The molecule has 1 aliphatic rings. The van der Waals surface area contributed by atoms with Crippen molar-refractivity contribution in [2.45, 2.75) is 19.3 Å². The first-order valence-corrected chi connectivity index (χ1v) is 8.42. The number of halogens is 2. The van der Waals surface area contributed by atoms with E-state index in [4.69, 9.17) is 11.6 Å². The molecule has 116 valence electrons. The molecule has 0 unspecified atom stereocenters. The number of benzene rings is 1. The maximum absolute atomic E-state index is 13.7. The first-order valence-electron chi connectivity index (χ1n) is 7.22. The van der Waals surface area contributed by atoms with Crippen LogP contribution in [-0.4, -0.2) is 16.2 Å². The molecule has 0 saturated heterocycles. The van der Waals surface area contributed by atoms with Crippen LogP contribution in [-0.2, 0) is 12.8 Å². The van der Waals surface area contributed by atoms with Crippen LogP contribution in [0.15, 0.2) is 29.6 Å². The average Bonchev–Trinajstić information content (AvgIpc) is 3.11. The second kappa shape index (κ2) is 5.86. The molecule has 1 aliphatic carbocycles. The minimum atomic E-state index is -0.410. The Balaban J connectivity index is 1.67. The highest BCUT2D eigenvalue weighted by Crippen LogP contribution is 2.38. The van der Waals surface area contributed by atoms with Crippen molar-refractivity contribution in [1.82, 2.24) is 9.97 Å². The second-order valence-electron chi connectivity index (χ2n) is 5.27. The lowest BCUT2D eigenvalue weighted by atomic mass is 10.2. The van der Waals surface area contributed by atoms with E-state index in [1.165, 1.54) is 35.5 Å². The van der Waals surface area contributed by atoms with Gasteiger partial charge in [0.25, 0.3) is 0 Å². The first kappa shape index (κ1) is 14.5. The quantitative estimate of drug-likeness (QED) is 0.564. The van der Waals surface area contributed by atoms with Crippen LogP contribution in [0.25, 0.3) is 10.2 Å². The molecule has 4 nitrogen and oxygen atoms in total. The summed E-state index contributed by atoms with van der Waals surface area (Å²) in [5.41, 5.74) is 4.47. The van der Waals surface area contributed by atoms with E-state index in [9.17, 15) is 4.39 Å². The summed E-state index contributed by atoms with van der Waals surface area (Å²) in [4.78, 5) is 11.0. The summed E-state index contributed by atoms with van der Waals surface area (Å²) in [5.74, 6) is 0.241. The summed E-state index contributed by atoms with van der Waals surface area (Å²) in [7, 11) is 0. The van der Waals surface area contributed by atoms with E-state index in [1.54, 1.807) is 23.5 Å². The monoisotopic (exact) mass is 346 g/mol. The molecule has 1 aromatic carbocycles. The highest BCUT2D eigenvalue weighted by molar-refractivity contribution is 7.19. The Morgan fingerprint density at radius 2 is 2.22 bits per heavy atom. The van der Waals surface area contributed by atoms with Gasteiger partial charge in [-0.2, -0.15) is 5.10 Å². The fraction of sp³-hybridized carbons (Fsp3) is 0.188. The normalized spacial score (nSPS) is 13.8. The van der Waals surface area contributed by atoms with Crippen LogP contribution < -0.4 is 5.43 Å². The zero-order chi connectivity index (χ0) is 15.8. The van der Waals surface area contributed by atoms with Gasteiger partial charge in [-0.15, -0.1) is 11.3 Å². The zero-order valence-electron chi connectivity index (χ0n) is 12.0. The van der Waals surface area contributed by atoms with Crippen LogP contribution in [0.2, 0.25) is 5.02 Å². The van der Waals surface area contributed by atoms with Gasteiger partial charge in [0.2, 0.25) is 0 Å². The van der Waals surface area contributed by atoms with Gasteiger partial charge in [0.1, 0.15) is 17.0 Å². The molecule has 2 heterocycles. The van der Waals surface area contributed by atoms with E-state index < -0.39 is 5.82 Å². The van der Waals surface area contributed by atoms with Crippen molar-refractivity contribution in [3.05, 3.63) is 51.4 Å². The van der Waals surface area contributed by atoms with E-state index in [0.717, 1.165) is 23.1 Å². The Morgan fingerprint density at radius 3 is 3.09 bits per heavy atom. The molecule has 7 heteroatoms. The third-order valence-corrected chi connectivity index (χ3v) is 5.39. The zero-order valence-corrected chi connectivity index (χ0v) is 13.6. The van der Waals surface area contributed by atoms with E-state index in [-0.39, 0.29) is 5.56 Å². The minimum absolute atomic E-state index is 0.252. The van der Waals surface area contributed by atoms with Crippen LogP contribution >= 0.6 is 22.9 Å². The number of hydrogen-bond donors (Lipinski definition) is 1. The molecule has 0 fully saturated rings. The summed E-state index contributed by atoms with van der Waals surface area (Å²) in [6.45, 7) is 0. The molecular formula is C16H12ClFN4S.